The molecule has 0 saturated carbocycles. The first kappa shape index (κ1) is 16.0. The van der Waals surface area contributed by atoms with Gasteiger partial charge in [0.2, 0.25) is 11.8 Å². The van der Waals surface area contributed by atoms with Crippen molar-refractivity contribution in [2.45, 2.75) is 25.8 Å². The molecule has 1 aliphatic heterocycles. The highest BCUT2D eigenvalue weighted by Gasteiger charge is 2.33. The molecule has 1 N–H and O–H groups in total. The normalized spacial score (nSPS) is 17.6. The van der Waals surface area contributed by atoms with Gasteiger partial charge in [-0.3, -0.25) is 9.59 Å². The van der Waals surface area contributed by atoms with Gasteiger partial charge in [-0.1, -0.05) is 11.6 Å². The van der Waals surface area contributed by atoms with Crippen LogP contribution in [0.1, 0.15) is 17.1 Å². The van der Waals surface area contributed by atoms with Crippen LogP contribution in [0.4, 0.5) is 5.69 Å². The van der Waals surface area contributed by atoms with E-state index < -0.39 is 6.04 Å². The van der Waals surface area contributed by atoms with Crippen LogP contribution in [0.3, 0.4) is 0 Å². The summed E-state index contributed by atoms with van der Waals surface area (Å²) in [6.45, 7) is 2.48. The van der Waals surface area contributed by atoms with E-state index >= 15 is 0 Å². The number of aromatic nitrogens is 1. The number of carbonyl (C=O) groups is 2. The summed E-state index contributed by atoms with van der Waals surface area (Å²) in [6, 6.07) is 6.64. The third-order valence-corrected chi connectivity index (χ3v) is 4.76. The lowest BCUT2D eigenvalue weighted by Crippen LogP contribution is -2.42. The van der Waals surface area contributed by atoms with Crippen LogP contribution in [0.15, 0.2) is 29.6 Å². The molecule has 1 atom stereocenters. The molecule has 2 heterocycles. The minimum atomic E-state index is -0.474. The molecular formula is C16H16ClN3O2S. The standard InChI is InChI=1S/C16H16ClN3O2S/c1-10-18-12(9-23-10)8-15(21)19-14-6-7-20(16(14)22)13-4-2-11(17)3-5-13/h2-5,9,14H,6-8H2,1H3,(H,19,21)/t14-/m0/s1. The van der Waals surface area contributed by atoms with Crippen LogP contribution >= 0.6 is 22.9 Å². The fraction of sp³-hybridized carbons (Fsp3) is 0.312. The predicted molar refractivity (Wildman–Crippen MR) is 90.9 cm³/mol. The fourth-order valence-electron chi connectivity index (χ4n) is 2.59. The molecule has 3 rings (SSSR count). The van der Waals surface area contributed by atoms with E-state index in [1.54, 1.807) is 17.0 Å². The van der Waals surface area contributed by atoms with Gasteiger partial charge in [-0.2, -0.15) is 0 Å². The molecule has 0 bridgehead atoms. The molecule has 1 aliphatic rings. The monoisotopic (exact) mass is 349 g/mol. The third-order valence-electron chi connectivity index (χ3n) is 3.69. The van der Waals surface area contributed by atoms with Gasteiger partial charge in [-0.25, -0.2) is 4.98 Å². The highest BCUT2D eigenvalue weighted by molar-refractivity contribution is 7.09. The summed E-state index contributed by atoms with van der Waals surface area (Å²) in [7, 11) is 0. The summed E-state index contributed by atoms with van der Waals surface area (Å²) in [6.07, 6.45) is 0.804. The summed E-state index contributed by atoms with van der Waals surface area (Å²) >= 11 is 7.38. The molecule has 0 unspecified atom stereocenters. The highest BCUT2D eigenvalue weighted by atomic mass is 35.5. The Kier molecular flexibility index (Phi) is 4.63. The number of hydrogen-bond acceptors (Lipinski definition) is 4. The Morgan fingerprint density at radius 1 is 1.43 bits per heavy atom. The van der Waals surface area contributed by atoms with Crippen LogP contribution in [-0.4, -0.2) is 29.4 Å². The van der Waals surface area contributed by atoms with Gasteiger partial charge in [0.25, 0.3) is 0 Å². The Labute approximate surface area is 143 Å². The van der Waals surface area contributed by atoms with E-state index in [4.69, 9.17) is 11.6 Å². The molecule has 2 aromatic rings. The summed E-state index contributed by atoms with van der Waals surface area (Å²) in [5, 5.41) is 6.23. The van der Waals surface area contributed by atoms with Gasteiger partial charge in [0.15, 0.2) is 0 Å². The lowest BCUT2D eigenvalue weighted by molar-refractivity contribution is -0.126. The summed E-state index contributed by atoms with van der Waals surface area (Å²) in [5.74, 6) is -0.262. The quantitative estimate of drug-likeness (QED) is 0.922. The number of amides is 2. The first-order valence-corrected chi connectivity index (χ1v) is 8.56. The fourth-order valence-corrected chi connectivity index (χ4v) is 3.33. The van der Waals surface area contributed by atoms with E-state index in [1.165, 1.54) is 11.3 Å². The molecule has 1 saturated heterocycles. The number of hydrogen-bond donors (Lipinski definition) is 1. The number of aryl methyl sites for hydroxylation is 1. The predicted octanol–water partition coefficient (Wildman–Crippen LogP) is 2.57. The van der Waals surface area contributed by atoms with Crippen molar-refractivity contribution in [1.82, 2.24) is 10.3 Å². The molecular weight excluding hydrogens is 334 g/mol. The molecule has 1 aromatic heterocycles. The van der Waals surface area contributed by atoms with Gasteiger partial charge in [0, 0.05) is 22.6 Å². The van der Waals surface area contributed by atoms with Crippen molar-refractivity contribution in [3.05, 3.63) is 45.4 Å². The van der Waals surface area contributed by atoms with E-state index in [2.05, 4.69) is 10.3 Å². The molecule has 1 fully saturated rings. The Morgan fingerprint density at radius 3 is 2.83 bits per heavy atom. The SMILES string of the molecule is Cc1nc(CC(=O)N[C@H]2CCN(c3ccc(Cl)cc3)C2=O)cs1. The van der Waals surface area contributed by atoms with Crippen molar-refractivity contribution in [2.24, 2.45) is 0 Å². The number of carbonyl (C=O) groups excluding carboxylic acids is 2. The molecule has 1 aromatic carbocycles. The zero-order chi connectivity index (χ0) is 16.4. The molecule has 120 valence electrons. The Hall–Kier alpha value is -1.92. The van der Waals surface area contributed by atoms with Crippen molar-refractivity contribution >= 4 is 40.4 Å². The van der Waals surface area contributed by atoms with Gasteiger partial charge >= 0.3 is 0 Å². The lowest BCUT2D eigenvalue weighted by atomic mass is 10.2. The second-order valence-electron chi connectivity index (χ2n) is 5.41. The lowest BCUT2D eigenvalue weighted by Gasteiger charge is -2.17. The van der Waals surface area contributed by atoms with Crippen LogP contribution in [0, 0.1) is 6.92 Å². The second kappa shape index (κ2) is 6.68. The average molecular weight is 350 g/mol. The van der Waals surface area contributed by atoms with Crippen LogP contribution < -0.4 is 10.2 Å². The van der Waals surface area contributed by atoms with Gasteiger partial charge in [0.1, 0.15) is 6.04 Å². The van der Waals surface area contributed by atoms with Crippen LogP contribution in [0.5, 0.6) is 0 Å². The molecule has 0 radical (unpaired) electrons. The van der Waals surface area contributed by atoms with Crippen molar-refractivity contribution < 1.29 is 9.59 Å². The van der Waals surface area contributed by atoms with Gasteiger partial charge in [-0.15, -0.1) is 11.3 Å². The number of nitrogens with one attached hydrogen (secondary N) is 1. The first-order chi connectivity index (χ1) is 11.0. The first-order valence-electron chi connectivity index (χ1n) is 7.30. The molecule has 0 spiro atoms. The van der Waals surface area contributed by atoms with Gasteiger partial charge in [-0.05, 0) is 37.6 Å². The van der Waals surface area contributed by atoms with E-state index in [0.717, 1.165) is 16.4 Å². The maximum Gasteiger partial charge on any atom is 0.249 e. The molecule has 5 nitrogen and oxygen atoms in total. The van der Waals surface area contributed by atoms with E-state index in [0.29, 0.717) is 18.0 Å². The molecule has 23 heavy (non-hydrogen) atoms. The largest absolute Gasteiger partial charge is 0.344 e. The number of anilines is 1. The van der Waals surface area contributed by atoms with Crippen LogP contribution in [0.2, 0.25) is 5.02 Å². The number of benzene rings is 1. The van der Waals surface area contributed by atoms with E-state index in [-0.39, 0.29) is 18.2 Å². The molecule has 0 aliphatic carbocycles. The third kappa shape index (κ3) is 3.71. The van der Waals surface area contributed by atoms with Crippen LogP contribution in [0.25, 0.3) is 0 Å². The minimum absolute atomic E-state index is 0.0878. The van der Waals surface area contributed by atoms with Crippen molar-refractivity contribution in [3.8, 4) is 0 Å². The summed E-state index contributed by atoms with van der Waals surface area (Å²) in [5.41, 5.74) is 1.54. The van der Waals surface area contributed by atoms with Gasteiger partial charge in [0.05, 0.1) is 17.1 Å². The maximum absolute atomic E-state index is 12.4. The van der Waals surface area contributed by atoms with Crippen molar-refractivity contribution in [1.29, 1.82) is 0 Å². The van der Waals surface area contributed by atoms with E-state index in [1.807, 2.05) is 24.4 Å². The highest BCUT2D eigenvalue weighted by Crippen LogP contribution is 2.23. The van der Waals surface area contributed by atoms with Crippen molar-refractivity contribution in [2.75, 3.05) is 11.4 Å². The Bertz CT molecular complexity index is 729. The number of rotatable bonds is 4. The number of thiazole rings is 1. The summed E-state index contributed by atoms with van der Waals surface area (Å²) in [4.78, 5) is 30.5. The second-order valence-corrected chi connectivity index (χ2v) is 6.91. The average Bonchev–Trinajstić information content (AvgIpc) is 3.07. The van der Waals surface area contributed by atoms with E-state index in [9.17, 15) is 9.59 Å². The minimum Gasteiger partial charge on any atom is -0.344 e. The summed E-state index contributed by atoms with van der Waals surface area (Å²) < 4.78 is 0. The van der Waals surface area contributed by atoms with Crippen LogP contribution in [-0.2, 0) is 16.0 Å². The Balaban J connectivity index is 1.60. The number of halogens is 1. The zero-order valence-corrected chi connectivity index (χ0v) is 14.2. The topological polar surface area (TPSA) is 62.3 Å². The smallest absolute Gasteiger partial charge is 0.249 e. The zero-order valence-electron chi connectivity index (χ0n) is 12.6. The Morgan fingerprint density at radius 2 is 2.17 bits per heavy atom. The van der Waals surface area contributed by atoms with Gasteiger partial charge < -0.3 is 10.2 Å². The molecule has 2 amide bonds. The van der Waals surface area contributed by atoms with Crippen molar-refractivity contribution in [3.63, 3.8) is 0 Å². The molecule has 7 heteroatoms. The maximum atomic E-state index is 12.4. The number of nitrogens with zero attached hydrogens (tertiary/aromatic N) is 2.